The number of carbonyl (C=O) groups excluding carboxylic acids is 6. The molecule has 0 aliphatic rings. The zero-order valence-corrected chi connectivity index (χ0v) is 34.6. The van der Waals surface area contributed by atoms with E-state index < -0.39 is 47.4 Å². The van der Waals surface area contributed by atoms with Crippen molar-refractivity contribution in [3.63, 3.8) is 0 Å². The molecule has 0 unspecified atom stereocenters. The molecule has 0 spiro atoms. The highest BCUT2D eigenvalue weighted by atomic mass is 32.2. The lowest BCUT2D eigenvalue weighted by Crippen LogP contribution is -2.45. The Labute approximate surface area is 320 Å². The van der Waals surface area contributed by atoms with Crippen molar-refractivity contribution in [1.29, 1.82) is 0 Å². The van der Waals surface area contributed by atoms with Crippen LogP contribution < -0.4 is 10.6 Å². The van der Waals surface area contributed by atoms with Gasteiger partial charge in [0.25, 0.3) is 0 Å². The number of unbranched alkanes of at least 4 members (excludes halogenated alkanes) is 12. The monoisotopic (exact) mass is 774 g/mol. The van der Waals surface area contributed by atoms with Crippen molar-refractivity contribution < 1.29 is 47.7 Å². The summed E-state index contributed by atoms with van der Waals surface area (Å²) in [5.74, 6) is -1.03. The average molecular weight is 775 g/mol. The number of thioether (sulfide) groups is 2. The van der Waals surface area contributed by atoms with Gasteiger partial charge in [-0.25, -0.2) is 19.2 Å². The summed E-state index contributed by atoms with van der Waals surface area (Å²) in [5, 5.41) is 4.95. The van der Waals surface area contributed by atoms with Gasteiger partial charge < -0.3 is 29.6 Å². The number of allylic oxidation sites excluding steroid dienone is 2. The van der Waals surface area contributed by atoms with Crippen molar-refractivity contribution in [3.8, 4) is 0 Å². The molecule has 14 heteroatoms. The minimum Gasteiger partial charge on any atom is -0.467 e. The molecule has 0 heterocycles. The summed E-state index contributed by atoms with van der Waals surface area (Å²) in [5.41, 5.74) is -1.39. The second kappa shape index (κ2) is 28.7. The van der Waals surface area contributed by atoms with Gasteiger partial charge in [-0.05, 0) is 80.1 Å². The first-order valence-electron chi connectivity index (χ1n) is 18.6. The molecule has 0 aromatic carbocycles. The molecule has 2 atom stereocenters. The predicted molar refractivity (Wildman–Crippen MR) is 208 cm³/mol. The van der Waals surface area contributed by atoms with Crippen molar-refractivity contribution in [2.75, 3.05) is 25.7 Å². The molecule has 0 radical (unpaired) electrons. The molecular formula is C38H66N2O10S2. The Balaban J connectivity index is 3.82. The topological polar surface area (TPSA) is 163 Å². The fraction of sp³-hybridized carbons (Fsp3) is 0.789. The predicted octanol–water partition coefficient (Wildman–Crippen LogP) is 8.44. The summed E-state index contributed by atoms with van der Waals surface area (Å²) < 4.78 is 19.9. The van der Waals surface area contributed by atoms with E-state index in [1.165, 1.54) is 27.1 Å². The van der Waals surface area contributed by atoms with Gasteiger partial charge in [-0.1, -0.05) is 87.0 Å². The molecular weight excluding hydrogens is 709 g/mol. The molecule has 0 aliphatic carbocycles. The maximum absolute atomic E-state index is 12.3. The quantitative estimate of drug-likeness (QED) is 0.0374. The van der Waals surface area contributed by atoms with Crippen LogP contribution in [0, 0.1) is 0 Å². The van der Waals surface area contributed by atoms with Gasteiger partial charge in [-0.2, -0.15) is 0 Å². The smallest absolute Gasteiger partial charge is 0.408 e. The number of alkyl carbamates (subject to hydrolysis) is 2. The van der Waals surface area contributed by atoms with Crippen LogP contribution in [-0.2, 0) is 38.1 Å². The molecule has 0 saturated carbocycles. The molecule has 2 N–H and O–H groups in total. The normalized spacial score (nSPS) is 12.8. The third-order valence-corrected chi connectivity index (χ3v) is 9.40. The Hall–Kier alpha value is -2.74. The van der Waals surface area contributed by atoms with Crippen molar-refractivity contribution in [3.05, 3.63) is 12.2 Å². The number of hydrogen-bond acceptors (Lipinski definition) is 12. The van der Waals surface area contributed by atoms with Crippen LogP contribution in [0.4, 0.5) is 9.59 Å². The van der Waals surface area contributed by atoms with Crippen LogP contribution in [0.25, 0.3) is 0 Å². The zero-order chi connectivity index (χ0) is 39.4. The van der Waals surface area contributed by atoms with Crippen molar-refractivity contribution in [2.45, 2.75) is 168 Å². The summed E-state index contributed by atoms with van der Waals surface area (Å²) in [7, 11) is 2.48. The lowest BCUT2D eigenvalue weighted by Gasteiger charge is -2.22. The Morgan fingerprint density at radius 2 is 0.827 bits per heavy atom. The lowest BCUT2D eigenvalue weighted by molar-refractivity contribution is -0.143. The average Bonchev–Trinajstić information content (AvgIpc) is 3.05. The summed E-state index contributed by atoms with van der Waals surface area (Å²) in [6, 6.07) is -1.90. The third kappa shape index (κ3) is 29.8. The number of ether oxygens (including phenoxy) is 4. The number of methoxy groups -OCH3 is 2. The molecule has 12 nitrogen and oxygen atoms in total. The highest BCUT2D eigenvalue weighted by molar-refractivity contribution is 8.13. The van der Waals surface area contributed by atoms with Crippen LogP contribution in [0.15, 0.2) is 12.2 Å². The van der Waals surface area contributed by atoms with Gasteiger partial charge >= 0.3 is 24.1 Å². The maximum atomic E-state index is 12.3. The van der Waals surface area contributed by atoms with Gasteiger partial charge in [0.2, 0.25) is 0 Å². The minimum absolute atomic E-state index is 0.00668. The van der Waals surface area contributed by atoms with Crippen LogP contribution in [0.3, 0.4) is 0 Å². The van der Waals surface area contributed by atoms with Gasteiger partial charge in [-0.15, -0.1) is 0 Å². The number of hydrogen-bond donors (Lipinski definition) is 2. The van der Waals surface area contributed by atoms with Crippen LogP contribution >= 0.6 is 23.5 Å². The summed E-state index contributed by atoms with van der Waals surface area (Å²) in [4.78, 5) is 72.6. The number of amides is 2. The molecule has 0 aromatic heterocycles. The highest BCUT2D eigenvalue weighted by Gasteiger charge is 2.27. The molecule has 0 saturated heterocycles. The van der Waals surface area contributed by atoms with Crippen molar-refractivity contribution >= 4 is 57.9 Å². The highest BCUT2D eigenvalue weighted by Crippen LogP contribution is 2.17. The number of rotatable bonds is 26. The number of nitrogens with one attached hydrogen (secondary N) is 2. The Bertz CT molecular complexity index is 1020. The first-order chi connectivity index (χ1) is 24.5. The van der Waals surface area contributed by atoms with Crippen LogP contribution in [0.5, 0.6) is 0 Å². The third-order valence-electron chi connectivity index (χ3n) is 7.35. The fourth-order valence-corrected chi connectivity index (χ4v) is 6.45. The van der Waals surface area contributed by atoms with Gasteiger partial charge in [-0.3, -0.25) is 9.59 Å². The molecule has 0 bridgehead atoms. The van der Waals surface area contributed by atoms with Crippen LogP contribution in [0.1, 0.15) is 144 Å². The van der Waals surface area contributed by atoms with Gasteiger partial charge in [0, 0.05) is 24.3 Å². The summed E-state index contributed by atoms with van der Waals surface area (Å²) in [6.45, 7) is 10.4. The van der Waals surface area contributed by atoms with E-state index in [2.05, 4.69) is 22.8 Å². The van der Waals surface area contributed by atoms with Crippen molar-refractivity contribution in [1.82, 2.24) is 10.6 Å². The van der Waals surface area contributed by atoms with E-state index in [-0.39, 0.29) is 21.7 Å². The molecule has 0 fully saturated rings. The SMILES string of the molecule is COC(=O)[C@H](CSC(=O)CCCCCCCC/C=C/CCCCCCCCC(=O)SC[C@H](NC(=O)OC(C)(C)C)C(=O)OC)NC(=O)OC(C)(C)C. The van der Waals surface area contributed by atoms with Gasteiger partial charge in [0.15, 0.2) is 10.2 Å². The van der Waals surface area contributed by atoms with Gasteiger partial charge in [0.1, 0.15) is 23.3 Å². The van der Waals surface area contributed by atoms with Gasteiger partial charge in [0.05, 0.1) is 14.2 Å². The molecule has 0 aromatic rings. The van der Waals surface area contributed by atoms with E-state index in [0.29, 0.717) is 12.8 Å². The second-order valence-corrected chi connectivity index (χ2v) is 16.8. The lowest BCUT2D eigenvalue weighted by atomic mass is 10.1. The second-order valence-electron chi connectivity index (χ2n) is 14.6. The molecule has 0 rings (SSSR count). The van der Waals surface area contributed by atoms with E-state index >= 15 is 0 Å². The van der Waals surface area contributed by atoms with E-state index in [9.17, 15) is 28.8 Å². The van der Waals surface area contributed by atoms with Crippen LogP contribution in [0.2, 0.25) is 0 Å². The Kier molecular flexibility index (Phi) is 27.2. The first-order valence-corrected chi connectivity index (χ1v) is 20.6. The van der Waals surface area contributed by atoms with E-state index in [1.54, 1.807) is 41.5 Å². The molecule has 52 heavy (non-hydrogen) atoms. The summed E-state index contributed by atoms with van der Waals surface area (Å²) >= 11 is 2.06. The number of carbonyl (C=O) groups is 6. The standard InChI is InChI=1S/C38H66N2O10S2/c1-37(2,3)49-35(45)39-29(33(43)47-7)27-51-31(41)25-23-21-19-17-15-13-11-9-10-12-14-16-18-20-22-24-26-32(42)52-28-30(34(44)48-8)40-36(46)50-38(4,5)6/h9-10,29-30H,11-28H2,1-8H3,(H,39,45)(H,40,46)/b10-9+/t29-,30-/m0/s1. The molecule has 2 amide bonds. The minimum atomic E-state index is -0.948. The Morgan fingerprint density at radius 3 is 1.13 bits per heavy atom. The van der Waals surface area contributed by atoms with E-state index in [0.717, 1.165) is 101 Å². The van der Waals surface area contributed by atoms with Crippen LogP contribution in [-0.4, -0.2) is 83.4 Å². The number of esters is 2. The summed E-state index contributed by atoms with van der Waals surface area (Å²) in [6.07, 6.45) is 18.8. The largest absolute Gasteiger partial charge is 0.467 e. The van der Waals surface area contributed by atoms with Crippen molar-refractivity contribution in [2.24, 2.45) is 0 Å². The molecule has 300 valence electrons. The zero-order valence-electron chi connectivity index (χ0n) is 32.9. The maximum Gasteiger partial charge on any atom is 0.408 e. The van der Waals surface area contributed by atoms with E-state index in [1.807, 2.05) is 0 Å². The van der Waals surface area contributed by atoms with E-state index in [4.69, 9.17) is 18.9 Å². The fourth-order valence-electron chi connectivity index (χ4n) is 4.73. The first kappa shape index (κ1) is 49.3. The molecule has 0 aliphatic heterocycles. The Morgan fingerprint density at radius 1 is 0.519 bits per heavy atom.